The highest BCUT2D eigenvalue weighted by Gasteiger charge is 2.08. The molecule has 0 bridgehead atoms. The van der Waals surface area contributed by atoms with Gasteiger partial charge in [0.1, 0.15) is 0 Å². The lowest BCUT2D eigenvalue weighted by Crippen LogP contribution is -2.30. The van der Waals surface area contributed by atoms with Crippen LogP contribution in [0.1, 0.15) is 44.9 Å². The summed E-state index contributed by atoms with van der Waals surface area (Å²) in [5, 5.41) is 4.54. The van der Waals surface area contributed by atoms with E-state index in [1.807, 2.05) is 6.07 Å². The van der Waals surface area contributed by atoms with Crippen molar-refractivity contribution in [3.8, 4) is 0 Å². The number of hydrogen-bond donors (Lipinski definition) is 1. The number of fused-ring (bicyclic) bond motifs is 1. The number of likely N-dealkylation sites (tertiary alicyclic amines) is 1. The molecule has 1 aliphatic heterocycles. The molecule has 0 radical (unpaired) electrons. The molecular weight excluding hydrogens is 290 g/mol. The van der Waals surface area contributed by atoms with E-state index in [0.717, 1.165) is 17.2 Å². The predicted molar refractivity (Wildman–Crippen MR) is 96.9 cm³/mol. The van der Waals surface area contributed by atoms with Crippen molar-refractivity contribution >= 4 is 26.7 Å². The minimum Gasteiger partial charge on any atom is -0.361 e. The first-order chi connectivity index (χ1) is 10.9. The molecule has 0 aliphatic carbocycles. The Bertz CT molecular complexity index is 527. The largest absolute Gasteiger partial charge is 0.361 e. The zero-order valence-electron chi connectivity index (χ0n) is 13.4. The molecule has 3 rings (SSSR count). The average molecular weight is 318 g/mol. The zero-order valence-corrected chi connectivity index (χ0v) is 14.2. The Morgan fingerprint density at radius 1 is 1.00 bits per heavy atom. The van der Waals surface area contributed by atoms with E-state index < -0.39 is 0 Å². The Morgan fingerprint density at radius 2 is 1.82 bits per heavy atom. The van der Waals surface area contributed by atoms with Crippen LogP contribution in [0.25, 0.3) is 10.2 Å². The van der Waals surface area contributed by atoms with Gasteiger partial charge in [-0.2, -0.15) is 0 Å². The molecule has 1 fully saturated rings. The van der Waals surface area contributed by atoms with Gasteiger partial charge < -0.3 is 10.2 Å². The second kappa shape index (κ2) is 8.49. The van der Waals surface area contributed by atoms with E-state index in [4.69, 9.17) is 0 Å². The van der Waals surface area contributed by atoms with Gasteiger partial charge in [-0.1, -0.05) is 42.7 Å². The van der Waals surface area contributed by atoms with Crippen molar-refractivity contribution in [2.24, 2.45) is 0 Å². The smallest absolute Gasteiger partial charge is 0.183 e. The van der Waals surface area contributed by atoms with Crippen molar-refractivity contribution < 1.29 is 0 Å². The molecule has 3 nitrogen and oxygen atoms in total. The second-order valence-electron chi connectivity index (χ2n) is 6.23. The fourth-order valence-corrected chi connectivity index (χ4v) is 4.03. The molecule has 120 valence electrons. The molecule has 1 aromatic heterocycles. The third-order valence-electron chi connectivity index (χ3n) is 4.42. The van der Waals surface area contributed by atoms with E-state index in [9.17, 15) is 0 Å². The Labute approximate surface area is 137 Å². The minimum atomic E-state index is 1.05. The van der Waals surface area contributed by atoms with Gasteiger partial charge in [-0.05, 0) is 57.5 Å². The number of nitrogens with zero attached hydrogens (tertiary/aromatic N) is 2. The maximum atomic E-state index is 4.61. The lowest BCUT2D eigenvalue weighted by Gasteiger charge is -2.26. The van der Waals surface area contributed by atoms with Crippen LogP contribution in [-0.2, 0) is 0 Å². The number of aromatic nitrogens is 1. The van der Waals surface area contributed by atoms with Crippen molar-refractivity contribution in [2.45, 2.75) is 44.9 Å². The Hall–Kier alpha value is -1.13. The summed E-state index contributed by atoms with van der Waals surface area (Å²) >= 11 is 1.76. The fourth-order valence-electron chi connectivity index (χ4n) is 3.14. The van der Waals surface area contributed by atoms with Gasteiger partial charge in [0.2, 0.25) is 0 Å². The van der Waals surface area contributed by atoms with Gasteiger partial charge in [0.25, 0.3) is 0 Å². The summed E-state index contributed by atoms with van der Waals surface area (Å²) in [6.45, 7) is 5.02. The van der Waals surface area contributed by atoms with Crippen molar-refractivity contribution in [3.63, 3.8) is 0 Å². The summed E-state index contributed by atoms with van der Waals surface area (Å²) in [4.78, 5) is 7.25. The van der Waals surface area contributed by atoms with E-state index in [1.165, 1.54) is 69.3 Å². The monoisotopic (exact) mass is 317 g/mol. The number of thiazole rings is 1. The standard InChI is InChI=1S/C18H27N3S/c1(2-7-13-21-14-8-3-9-15-21)6-12-19-18-20-16-10-4-5-11-17(16)22-18/h4-5,10-11H,1-3,6-9,12-15H2,(H,19,20). The first kappa shape index (κ1) is 15.8. The third-order valence-corrected chi connectivity index (χ3v) is 5.41. The lowest BCUT2D eigenvalue weighted by atomic mass is 10.1. The van der Waals surface area contributed by atoms with Crippen LogP contribution in [-0.4, -0.2) is 36.1 Å². The molecule has 2 heterocycles. The number of nitrogens with one attached hydrogen (secondary N) is 1. The van der Waals surface area contributed by atoms with Gasteiger partial charge in [-0.3, -0.25) is 0 Å². The van der Waals surface area contributed by atoms with Crippen LogP contribution in [0.5, 0.6) is 0 Å². The van der Waals surface area contributed by atoms with Crippen molar-refractivity contribution in [2.75, 3.05) is 31.5 Å². The van der Waals surface area contributed by atoms with Crippen molar-refractivity contribution in [1.29, 1.82) is 0 Å². The van der Waals surface area contributed by atoms with E-state index in [-0.39, 0.29) is 0 Å². The number of para-hydroxylation sites is 1. The molecule has 0 unspecified atom stereocenters. The van der Waals surface area contributed by atoms with Crippen molar-refractivity contribution in [3.05, 3.63) is 24.3 Å². The van der Waals surface area contributed by atoms with Gasteiger partial charge >= 0.3 is 0 Å². The highest BCUT2D eigenvalue weighted by molar-refractivity contribution is 7.22. The van der Waals surface area contributed by atoms with E-state index in [2.05, 4.69) is 33.4 Å². The topological polar surface area (TPSA) is 28.2 Å². The highest BCUT2D eigenvalue weighted by Crippen LogP contribution is 2.25. The van der Waals surface area contributed by atoms with Gasteiger partial charge in [-0.25, -0.2) is 4.98 Å². The molecule has 0 atom stereocenters. The maximum Gasteiger partial charge on any atom is 0.183 e. The fraction of sp³-hybridized carbons (Fsp3) is 0.611. The molecule has 0 spiro atoms. The normalized spacial score (nSPS) is 16.2. The molecule has 1 aromatic carbocycles. The predicted octanol–water partition coefficient (Wildman–Crippen LogP) is 4.75. The molecule has 0 amide bonds. The molecule has 4 heteroatoms. The van der Waals surface area contributed by atoms with Gasteiger partial charge in [0, 0.05) is 6.54 Å². The molecule has 2 aromatic rings. The summed E-state index contributed by atoms with van der Waals surface area (Å²) < 4.78 is 1.27. The molecule has 22 heavy (non-hydrogen) atoms. The third kappa shape index (κ3) is 4.68. The summed E-state index contributed by atoms with van der Waals surface area (Å²) in [7, 11) is 0. The second-order valence-corrected chi connectivity index (χ2v) is 7.26. The Kier molecular flexibility index (Phi) is 6.08. The van der Waals surface area contributed by atoms with Crippen LogP contribution >= 0.6 is 11.3 Å². The number of rotatable bonds is 8. The highest BCUT2D eigenvalue weighted by atomic mass is 32.1. The van der Waals surface area contributed by atoms with E-state index in [0.29, 0.717) is 0 Å². The van der Waals surface area contributed by atoms with Crippen LogP contribution in [0.2, 0.25) is 0 Å². The summed E-state index contributed by atoms with van der Waals surface area (Å²) in [5.74, 6) is 0. The van der Waals surface area contributed by atoms with Crippen LogP contribution in [0.15, 0.2) is 24.3 Å². The lowest BCUT2D eigenvalue weighted by molar-refractivity contribution is 0.224. The Morgan fingerprint density at radius 3 is 2.68 bits per heavy atom. The zero-order chi connectivity index (χ0) is 15.0. The quantitative estimate of drug-likeness (QED) is 0.712. The summed E-state index contributed by atoms with van der Waals surface area (Å²) in [6.07, 6.45) is 9.55. The molecule has 0 saturated carbocycles. The number of hydrogen-bond acceptors (Lipinski definition) is 4. The number of benzene rings is 1. The number of unbranched alkanes of at least 4 members (excludes halogenated alkanes) is 3. The maximum absolute atomic E-state index is 4.61. The van der Waals surface area contributed by atoms with E-state index in [1.54, 1.807) is 11.3 Å². The summed E-state index contributed by atoms with van der Waals surface area (Å²) in [5.41, 5.74) is 1.11. The summed E-state index contributed by atoms with van der Waals surface area (Å²) in [6, 6.07) is 8.34. The van der Waals surface area contributed by atoms with Crippen LogP contribution in [0, 0.1) is 0 Å². The molecule has 1 N–H and O–H groups in total. The number of anilines is 1. The van der Waals surface area contributed by atoms with Crippen LogP contribution < -0.4 is 5.32 Å². The van der Waals surface area contributed by atoms with E-state index >= 15 is 0 Å². The average Bonchev–Trinajstić information content (AvgIpc) is 2.97. The van der Waals surface area contributed by atoms with Crippen molar-refractivity contribution in [1.82, 2.24) is 9.88 Å². The van der Waals surface area contributed by atoms with Gasteiger partial charge in [-0.15, -0.1) is 0 Å². The SMILES string of the molecule is c1ccc2sc(NCCCCCCN3CCCCC3)nc2c1. The molecular formula is C18H27N3S. The van der Waals surface area contributed by atoms with Gasteiger partial charge in [0.05, 0.1) is 10.2 Å². The number of piperidine rings is 1. The van der Waals surface area contributed by atoms with Crippen LogP contribution in [0.3, 0.4) is 0 Å². The first-order valence-corrected chi connectivity index (χ1v) is 9.55. The van der Waals surface area contributed by atoms with Gasteiger partial charge in [0.15, 0.2) is 5.13 Å². The first-order valence-electron chi connectivity index (χ1n) is 8.74. The molecule has 1 saturated heterocycles. The molecule has 1 aliphatic rings. The van der Waals surface area contributed by atoms with Crippen LogP contribution in [0.4, 0.5) is 5.13 Å². The Balaban J connectivity index is 1.26. The minimum absolute atomic E-state index is 1.05.